The van der Waals surface area contributed by atoms with Crippen molar-refractivity contribution in [3.63, 3.8) is 0 Å². The Kier molecular flexibility index (Phi) is 7.40. The number of allylic oxidation sites excluding steroid dienone is 2. The van der Waals surface area contributed by atoms with Crippen LogP contribution in [0, 0.1) is 0 Å². The third-order valence-electron chi connectivity index (χ3n) is 4.34. The number of ether oxygens (including phenoxy) is 2. The van der Waals surface area contributed by atoms with Gasteiger partial charge in [-0.1, -0.05) is 30.4 Å². The zero-order valence-corrected chi connectivity index (χ0v) is 18.1. The first-order valence-corrected chi connectivity index (χ1v) is 10.3. The van der Waals surface area contributed by atoms with Crippen molar-refractivity contribution >= 4 is 39.5 Å². The molecule has 30 heavy (non-hydrogen) atoms. The molecule has 0 unspecified atom stereocenters. The lowest BCUT2D eigenvalue weighted by atomic mass is 10.2. The highest BCUT2D eigenvalue weighted by Gasteiger charge is 2.09. The zero-order chi connectivity index (χ0) is 21.3. The average Bonchev–Trinajstić information content (AvgIpc) is 3.17. The monoisotopic (exact) mass is 419 g/mol. The molecule has 3 aromatic rings. The number of methoxy groups -OCH3 is 2. The van der Waals surface area contributed by atoms with Crippen molar-refractivity contribution in [2.75, 3.05) is 32.2 Å². The molecule has 0 N–H and O–H groups in total. The minimum absolute atomic E-state index is 0.682. The fourth-order valence-electron chi connectivity index (χ4n) is 2.91. The number of pyridine rings is 1. The quantitative estimate of drug-likeness (QED) is 0.316. The van der Waals surface area contributed by atoms with Gasteiger partial charge in [-0.15, -0.1) is 24.5 Å². The number of hydrogen-bond donors (Lipinski definition) is 0. The van der Waals surface area contributed by atoms with Crippen molar-refractivity contribution in [2.45, 2.75) is 0 Å². The van der Waals surface area contributed by atoms with Crippen LogP contribution in [0.3, 0.4) is 0 Å². The van der Waals surface area contributed by atoms with Crippen LogP contribution in [0.2, 0.25) is 0 Å². The lowest BCUT2D eigenvalue weighted by Crippen LogP contribution is -2.23. The van der Waals surface area contributed by atoms with E-state index < -0.39 is 0 Å². The Hall–Kier alpha value is -3.38. The molecule has 5 nitrogen and oxygen atoms in total. The van der Waals surface area contributed by atoms with Gasteiger partial charge in [0, 0.05) is 31.4 Å². The molecule has 0 amide bonds. The van der Waals surface area contributed by atoms with Crippen LogP contribution >= 0.6 is 11.3 Å². The summed E-state index contributed by atoms with van der Waals surface area (Å²) < 4.78 is 11.8. The number of nitrogens with zero attached hydrogens (tertiary/aromatic N) is 3. The normalized spacial score (nSPS) is 11.3. The summed E-state index contributed by atoms with van der Waals surface area (Å²) in [5.74, 6) is 2.30. The molecular formula is C24H25N3O2S. The highest BCUT2D eigenvalue weighted by Crippen LogP contribution is 2.34. The molecule has 0 saturated heterocycles. The maximum atomic E-state index is 5.36. The highest BCUT2D eigenvalue weighted by atomic mass is 32.1. The number of benzene rings is 1. The van der Waals surface area contributed by atoms with Gasteiger partial charge in [0.2, 0.25) is 0 Å². The maximum absolute atomic E-state index is 5.36. The van der Waals surface area contributed by atoms with Crippen LogP contribution in [0.5, 0.6) is 11.5 Å². The molecule has 6 heteroatoms. The predicted molar refractivity (Wildman–Crippen MR) is 128 cm³/mol. The van der Waals surface area contributed by atoms with Gasteiger partial charge in [0.1, 0.15) is 10.8 Å². The summed E-state index contributed by atoms with van der Waals surface area (Å²) in [5.41, 5.74) is 1.92. The predicted octanol–water partition coefficient (Wildman–Crippen LogP) is 5.61. The summed E-state index contributed by atoms with van der Waals surface area (Å²) in [6.07, 6.45) is 13.5. The third kappa shape index (κ3) is 5.15. The molecule has 0 radical (unpaired) electrons. The van der Waals surface area contributed by atoms with Crippen LogP contribution in [-0.4, -0.2) is 37.3 Å². The standard InChI is InChI=1S/C24H25N3O2S/c1-5-13-27(14-6-2)23-12-11-18(17-25-23)9-7-8-10-24-26-19-15-20(28-3)21(29-4)16-22(19)30-24/h5-12,15-17H,1-2,13-14H2,3-4H3/b9-7+,10-8+. The Bertz CT molecular complexity index is 1020. The first kappa shape index (κ1) is 21.3. The summed E-state index contributed by atoms with van der Waals surface area (Å²) in [5, 5.41) is 0.919. The van der Waals surface area contributed by atoms with Gasteiger partial charge in [0.15, 0.2) is 11.5 Å². The molecule has 0 bridgehead atoms. The van der Waals surface area contributed by atoms with E-state index in [4.69, 9.17) is 9.47 Å². The van der Waals surface area contributed by atoms with Crippen molar-refractivity contribution in [1.29, 1.82) is 0 Å². The Morgan fingerprint density at radius 1 is 1.00 bits per heavy atom. The summed E-state index contributed by atoms with van der Waals surface area (Å²) in [6, 6.07) is 7.90. The molecule has 2 aromatic heterocycles. The molecule has 2 heterocycles. The molecule has 0 saturated carbocycles. The van der Waals surface area contributed by atoms with Gasteiger partial charge < -0.3 is 14.4 Å². The molecule has 0 atom stereocenters. The second-order valence-electron chi connectivity index (χ2n) is 6.38. The third-order valence-corrected chi connectivity index (χ3v) is 5.33. The van der Waals surface area contributed by atoms with E-state index in [9.17, 15) is 0 Å². The van der Waals surface area contributed by atoms with Crippen molar-refractivity contribution < 1.29 is 9.47 Å². The number of fused-ring (bicyclic) bond motifs is 1. The van der Waals surface area contributed by atoms with E-state index in [1.807, 2.05) is 66.9 Å². The van der Waals surface area contributed by atoms with E-state index >= 15 is 0 Å². The fraction of sp³-hybridized carbons (Fsp3) is 0.167. The smallest absolute Gasteiger partial charge is 0.162 e. The van der Waals surface area contributed by atoms with Gasteiger partial charge in [0.05, 0.1) is 24.4 Å². The fourth-order valence-corrected chi connectivity index (χ4v) is 3.80. The van der Waals surface area contributed by atoms with E-state index in [1.165, 1.54) is 0 Å². The van der Waals surface area contributed by atoms with Gasteiger partial charge in [-0.05, 0) is 23.8 Å². The number of rotatable bonds is 10. The lowest BCUT2D eigenvalue weighted by molar-refractivity contribution is 0.356. The molecule has 0 spiro atoms. The zero-order valence-electron chi connectivity index (χ0n) is 17.2. The van der Waals surface area contributed by atoms with Gasteiger partial charge in [-0.2, -0.15) is 0 Å². The molecule has 0 aliphatic rings. The Balaban J connectivity index is 1.68. The van der Waals surface area contributed by atoms with Crippen molar-refractivity contribution in [1.82, 2.24) is 9.97 Å². The summed E-state index contributed by atoms with van der Waals surface area (Å²) in [7, 11) is 3.26. The van der Waals surface area contributed by atoms with E-state index in [1.54, 1.807) is 25.6 Å². The highest BCUT2D eigenvalue weighted by molar-refractivity contribution is 7.19. The molecule has 0 fully saturated rings. The van der Waals surface area contributed by atoms with Gasteiger partial charge >= 0.3 is 0 Å². The maximum Gasteiger partial charge on any atom is 0.162 e. The number of anilines is 1. The van der Waals surface area contributed by atoms with Crippen LogP contribution in [0.1, 0.15) is 10.6 Å². The van der Waals surface area contributed by atoms with Crippen LogP contribution in [0.15, 0.2) is 67.9 Å². The Morgan fingerprint density at radius 3 is 2.33 bits per heavy atom. The first-order valence-electron chi connectivity index (χ1n) is 9.48. The number of aromatic nitrogens is 2. The van der Waals surface area contributed by atoms with Crippen molar-refractivity contribution in [3.05, 3.63) is 78.5 Å². The van der Waals surface area contributed by atoms with Crippen molar-refractivity contribution in [2.24, 2.45) is 0 Å². The van der Waals surface area contributed by atoms with E-state index in [0.717, 1.165) is 39.7 Å². The van der Waals surface area contributed by atoms with Gasteiger partial charge in [-0.25, -0.2) is 9.97 Å². The number of thiazole rings is 1. The van der Waals surface area contributed by atoms with E-state index in [0.29, 0.717) is 11.5 Å². The average molecular weight is 420 g/mol. The SMILES string of the molecule is C=CCN(CC=C)c1ccc(/C=C/C=C/c2nc3cc(OC)c(OC)cc3s2)cn1. The Morgan fingerprint density at radius 2 is 1.70 bits per heavy atom. The van der Waals surface area contributed by atoms with E-state index in [2.05, 4.69) is 28.0 Å². The topological polar surface area (TPSA) is 47.5 Å². The largest absolute Gasteiger partial charge is 0.493 e. The molecule has 0 aliphatic heterocycles. The second-order valence-corrected chi connectivity index (χ2v) is 7.44. The molecule has 154 valence electrons. The molecular weight excluding hydrogens is 394 g/mol. The summed E-state index contributed by atoms with van der Waals surface area (Å²) in [6.45, 7) is 9.05. The summed E-state index contributed by atoms with van der Waals surface area (Å²) >= 11 is 1.61. The van der Waals surface area contributed by atoms with E-state index in [-0.39, 0.29) is 0 Å². The second kappa shape index (κ2) is 10.4. The summed E-state index contributed by atoms with van der Waals surface area (Å²) in [4.78, 5) is 11.3. The molecule has 1 aromatic carbocycles. The number of hydrogen-bond acceptors (Lipinski definition) is 6. The van der Waals surface area contributed by atoms with Crippen molar-refractivity contribution in [3.8, 4) is 11.5 Å². The van der Waals surface area contributed by atoms with Crippen LogP contribution in [-0.2, 0) is 0 Å². The van der Waals surface area contributed by atoms with Crippen LogP contribution < -0.4 is 14.4 Å². The minimum Gasteiger partial charge on any atom is -0.493 e. The first-order chi connectivity index (χ1) is 14.7. The molecule has 3 rings (SSSR count). The van der Waals surface area contributed by atoms with Crippen LogP contribution in [0.25, 0.3) is 22.4 Å². The minimum atomic E-state index is 0.682. The van der Waals surface area contributed by atoms with Gasteiger partial charge in [-0.3, -0.25) is 0 Å². The van der Waals surface area contributed by atoms with Gasteiger partial charge in [0.25, 0.3) is 0 Å². The lowest BCUT2D eigenvalue weighted by Gasteiger charge is -2.20. The Labute approximate surface area is 181 Å². The van der Waals surface area contributed by atoms with Crippen LogP contribution in [0.4, 0.5) is 5.82 Å². The molecule has 0 aliphatic carbocycles.